The van der Waals surface area contributed by atoms with Crippen LogP contribution in [0.1, 0.15) is 29.8 Å². The van der Waals surface area contributed by atoms with E-state index in [1.807, 2.05) is 0 Å². The highest BCUT2D eigenvalue weighted by atomic mass is 15.3. The molecule has 2 rings (SSSR count). The minimum absolute atomic E-state index is 0.0915. The first-order valence-corrected chi connectivity index (χ1v) is 5.48. The zero-order valence-corrected chi connectivity index (χ0v) is 9.35. The molecule has 0 amide bonds. The first-order chi connectivity index (χ1) is 7.79. The fourth-order valence-electron chi connectivity index (χ4n) is 1.66. The first-order valence-electron chi connectivity index (χ1n) is 5.48. The molecular formula is C12H16N4. The average Bonchev–Trinajstić information content (AvgIpc) is 2.83. The number of benzene rings is 1. The Labute approximate surface area is 94.9 Å². The van der Waals surface area contributed by atoms with Gasteiger partial charge in [0.15, 0.2) is 0 Å². The molecule has 0 radical (unpaired) electrons. The number of nitrogens with one attached hydrogen (secondary N) is 1. The highest BCUT2D eigenvalue weighted by molar-refractivity contribution is 5.24. The van der Waals surface area contributed by atoms with Crippen LogP contribution in [0, 0.1) is 0 Å². The molecule has 0 aliphatic rings. The summed E-state index contributed by atoms with van der Waals surface area (Å²) in [6, 6.07) is 8.44. The molecule has 16 heavy (non-hydrogen) atoms. The summed E-state index contributed by atoms with van der Waals surface area (Å²) in [6.07, 6.45) is 3.53. The van der Waals surface area contributed by atoms with Gasteiger partial charge in [-0.1, -0.05) is 31.2 Å². The molecule has 0 bridgehead atoms. The van der Waals surface area contributed by atoms with E-state index >= 15 is 0 Å². The molecule has 0 saturated carbocycles. The van der Waals surface area contributed by atoms with Crippen molar-refractivity contribution in [2.75, 3.05) is 0 Å². The van der Waals surface area contributed by atoms with E-state index in [1.165, 1.54) is 11.1 Å². The third kappa shape index (κ3) is 2.46. The Morgan fingerprint density at radius 1 is 1.25 bits per heavy atom. The Morgan fingerprint density at radius 3 is 2.50 bits per heavy atom. The van der Waals surface area contributed by atoms with Crippen molar-refractivity contribution in [2.45, 2.75) is 25.8 Å². The van der Waals surface area contributed by atoms with E-state index in [9.17, 15) is 0 Å². The van der Waals surface area contributed by atoms with Crippen molar-refractivity contribution in [1.82, 2.24) is 15.4 Å². The second-order valence-corrected chi connectivity index (χ2v) is 3.88. The number of aryl methyl sites for hydroxylation is 1. The summed E-state index contributed by atoms with van der Waals surface area (Å²) in [5.41, 5.74) is 9.40. The van der Waals surface area contributed by atoms with Gasteiger partial charge in [-0.15, -0.1) is 0 Å². The minimum atomic E-state index is -0.0915. The van der Waals surface area contributed by atoms with Gasteiger partial charge in [0.1, 0.15) is 0 Å². The van der Waals surface area contributed by atoms with Gasteiger partial charge in [0.05, 0.1) is 17.9 Å². The van der Waals surface area contributed by atoms with Crippen LogP contribution in [0.3, 0.4) is 0 Å². The number of rotatable bonds is 4. The standard InChI is InChI=1S/C12H16N4/c1-2-9-3-5-10(6-4-9)7-11(13)12-8-14-16-15-12/h3-6,8,11H,2,7,13H2,1H3,(H,14,15,16). The molecule has 1 aromatic heterocycles. The van der Waals surface area contributed by atoms with E-state index in [4.69, 9.17) is 5.73 Å². The first kappa shape index (κ1) is 10.8. The molecule has 0 fully saturated rings. The van der Waals surface area contributed by atoms with Gasteiger partial charge in [0.2, 0.25) is 0 Å². The Kier molecular flexibility index (Phi) is 3.31. The molecule has 2 aromatic rings. The molecule has 3 N–H and O–H groups in total. The maximum absolute atomic E-state index is 6.02. The van der Waals surface area contributed by atoms with E-state index in [0.717, 1.165) is 18.5 Å². The van der Waals surface area contributed by atoms with E-state index in [0.29, 0.717) is 0 Å². The quantitative estimate of drug-likeness (QED) is 0.815. The summed E-state index contributed by atoms with van der Waals surface area (Å²) in [7, 11) is 0. The lowest BCUT2D eigenvalue weighted by Crippen LogP contribution is -2.13. The van der Waals surface area contributed by atoms with Crippen LogP contribution in [-0.4, -0.2) is 15.4 Å². The Hall–Kier alpha value is -1.68. The fraction of sp³-hybridized carbons (Fsp3) is 0.333. The van der Waals surface area contributed by atoms with Crippen LogP contribution >= 0.6 is 0 Å². The third-order valence-electron chi connectivity index (χ3n) is 2.70. The highest BCUT2D eigenvalue weighted by Crippen LogP contribution is 2.13. The maximum atomic E-state index is 6.02. The molecule has 1 atom stereocenters. The summed E-state index contributed by atoms with van der Waals surface area (Å²) < 4.78 is 0. The molecule has 0 aliphatic heterocycles. The predicted molar refractivity (Wildman–Crippen MR) is 62.8 cm³/mol. The van der Waals surface area contributed by atoms with Gasteiger partial charge in [-0.05, 0) is 24.0 Å². The molecule has 4 heteroatoms. The SMILES string of the molecule is CCc1ccc(CC(N)c2cn[nH]n2)cc1. The van der Waals surface area contributed by atoms with Crippen LogP contribution in [0.15, 0.2) is 30.5 Å². The second-order valence-electron chi connectivity index (χ2n) is 3.88. The predicted octanol–water partition coefficient (Wildman–Crippen LogP) is 1.61. The molecule has 0 saturated heterocycles. The third-order valence-corrected chi connectivity index (χ3v) is 2.70. The monoisotopic (exact) mass is 216 g/mol. The maximum Gasteiger partial charge on any atom is 0.0995 e. The number of hydrogen-bond donors (Lipinski definition) is 2. The summed E-state index contributed by atoms with van der Waals surface area (Å²) in [5.74, 6) is 0. The van der Waals surface area contributed by atoms with Crippen molar-refractivity contribution < 1.29 is 0 Å². The molecule has 84 valence electrons. The topological polar surface area (TPSA) is 67.6 Å². The lowest BCUT2D eigenvalue weighted by Gasteiger charge is -2.08. The Morgan fingerprint density at radius 2 is 1.94 bits per heavy atom. The smallest absolute Gasteiger partial charge is 0.0995 e. The van der Waals surface area contributed by atoms with Crippen molar-refractivity contribution in [3.05, 3.63) is 47.3 Å². The van der Waals surface area contributed by atoms with Crippen LogP contribution in [0.5, 0.6) is 0 Å². The molecular weight excluding hydrogens is 200 g/mol. The minimum Gasteiger partial charge on any atom is -0.322 e. The van der Waals surface area contributed by atoms with E-state index in [1.54, 1.807) is 6.20 Å². The highest BCUT2D eigenvalue weighted by Gasteiger charge is 2.09. The summed E-state index contributed by atoms with van der Waals surface area (Å²) >= 11 is 0. The fourth-order valence-corrected chi connectivity index (χ4v) is 1.66. The van der Waals surface area contributed by atoms with Gasteiger partial charge in [0, 0.05) is 0 Å². The number of H-pyrrole nitrogens is 1. The molecule has 1 aromatic carbocycles. The lowest BCUT2D eigenvalue weighted by molar-refractivity contribution is 0.691. The van der Waals surface area contributed by atoms with Crippen molar-refractivity contribution in [3.63, 3.8) is 0 Å². The lowest BCUT2D eigenvalue weighted by atomic mass is 10.0. The molecule has 1 unspecified atom stereocenters. The van der Waals surface area contributed by atoms with Crippen molar-refractivity contribution in [2.24, 2.45) is 5.73 Å². The number of aromatic nitrogens is 3. The van der Waals surface area contributed by atoms with Gasteiger partial charge >= 0.3 is 0 Å². The van der Waals surface area contributed by atoms with Crippen LogP contribution < -0.4 is 5.73 Å². The number of nitrogens with zero attached hydrogens (tertiary/aromatic N) is 2. The van der Waals surface area contributed by atoms with Crippen molar-refractivity contribution in [1.29, 1.82) is 0 Å². The number of aromatic amines is 1. The van der Waals surface area contributed by atoms with Crippen LogP contribution in [0.25, 0.3) is 0 Å². The van der Waals surface area contributed by atoms with Crippen LogP contribution in [-0.2, 0) is 12.8 Å². The molecule has 0 spiro atoms. The summed E-state index contributed by atoms with van der Waals surface area (Å²) in [4.78, 5) is 0. The Bertz CT molecular complexity index is 419. The molecule has 1 heterocycles. The number of hydrogen-bond acceptors (Lipinski definition) is 3. The summed E-state index contributed by atoms with van der Waals surface area (Å²) in [6.45, 7) is 2.15. The second kappa shape index (κ2) is 4.90. The zero-order chi connectivity index (χ0) is 11.4. The Balaban J connectivity index is 2.03. The van der Waals surface area contributed by atoms with Gasteiger partial charge in [0.25, 0.3) is 0 Å². The summed E-state index contributed by atoms with van der Waals surface area (Å²) in [5, 5.41) is 10.3. The van der Waals surface area contributed by atoms with Crippen LogP contribution in [0.4, 0.5) is 0 Å². The number of nitrogens with two attached hydrogens (primary N) is 1. The van der Waals surface area contributed by atoms with Crippen LogP contribution in [0.2, 0.25) is 0 Å². The normalized spacial score (nSPS) is 12.6. The molecule has 0 aliphatic carbocycles. The zero-order valence-electron chi connectivity index (χ0n) is 9.35. The van der Waals surface area contributed by atoms with E-state index in [-0.39, 0.29) is 6.04 Å². The van der Waals surface area contributed by atoms with E-state index < -0.39 is 0 Å². The van der Waals surface area contributed by atoms with E-state index in [2.05, 4.69) is 46.6 Å². The van der Waals surface area contributed by atoms with Crippen molar-refractivity contribution in [3.8, 4) is 0 Å². The van der Waals surface area contributed by atoms with Gasteiger partial charge in [-0.3, -0.25) is 0 Å². The van der Waals surface area contributed by atoms with Gasteiger partial charge in [-0.2, -0.15) is 15.4 Å². The molecule has 4 nitrogen and oxygen atoms in total. The van der Waals surface area contributed by atoms with Gasteiger partial charge in [-0.25, -0.2) is 0 Å². The van der Waals surface area contributed by atoms with Crippen molar-refractivity contribution >= 4 is 0 Å². The average molecular weight is 216 g/mol. The van der Waals surface area contributed by atoms with Gasteiger partial charge < -0.3 is 5.73 Å². The largest absolute Gasteiger partial charge is 0.322 e.